The molecule has 3 N–H and O–H groups in total. The molecule has 0 fully saturated rings. The van der Waals surface area contributed by atoms with Crippen LogP contribution in [0.2, 0.25) is 0 Å². The largest absolute Gasteiger partial charge is 0.397 e. The fourth-order valence-electron chi connectivity index (χ4n) is 2.08. The van der Waals surface area contributed by atoms with Crippen LogP contribution in [0.1, 0.15) is 18.4 Å². The van der Waals surface area contributed by atoms with Crippen LogP contribution in [0.25, 0.3) is 0 Å². The Morgan fingerprint density at radius 2 is 1.96 bits per heavy atom. The Bertz CT molecular complexity index is 720. The Labute approximate surface area is 153 Å². The molecule has 0 heterocycles. The van der Waals surface area contributed by atoms with Crippen molar-refractivity contribution in [2.24, 2.45) is 0 Å². The van der Waals surface area contributed by atoms with Crippen LogP contribution in [-0.4, -0.2) is 9.91 Å². The number of non-ortho nitro benzene ring substituents is 1. The quantitative estimate of drug-likeness (QED) is 0.226. The molecular formula is C16H16IN3O2S. The van der Waals surface area contributed by atoms with E-state index >= 15 is 0 Å². The number of halogens is 1. The third-order valence-electron chi connectivity index (χ3n) is 3.30. The van der Waals surface area contributed by atoms with Crippen molar-refractivity contribution in [2.45, 2.75) is 19.3 Å². The van der Waals surface area contributed by atoms with Crippen LogP contribution in [0.15, 0.2) is 42.5 Å². The summed E-state index contributed by atoms with van der Waals surface area (Å²) in [5.74, 6) is 0. The number of nitrogens with one attached hydrogen (secondary N) is 1. The van der Waals surface area contributed by atoms with Crippen molar-refractivity contribution in [1.82, 2.24) is 0 Å². The summed E-state index contributed by atoms with van der Waals surface area (Å²) in [6.45, 7) is 0. The fourth-order valence-corrected chi connectivity index (χ4v) is 2.70. The van der Waals surface area contributed by atoms with Gasteiger partial charge < -0.3 is 11.1 Å². The van der Waals surface area contributed by atoms with E-state index in [1.165, 1.54) is 27.3 Å². The number of thiocarbonyl (C=S) groups is 1. The van der Waals surface area contributed by atoms with Gasteiger partial charge in [0.1, 0.15) is 0 Å². The standard InChI is InChI=1S/C16H16IN3O2S/c17-12-6-4-11(5-7-12)2-1-3-16(23)19-15-10-13(20(21)22)8-9-14(15)18/h4-10H,1-3,18H2,(H,19,23). The Morgan fingerprint density at radius 1 is 1.26 bits per heavy atom. The van der Waals surface area contributed by atoms with E-state index in [1.54, 1.807) is 0 Å². The molecule has 0 aliphatic heterocycles. The van der Waals surface area contributed by atoms with Gasteiger partial charge in [0.25, 0.3) is 5.69 Å². The third kappa shape index (κ3) is 5.43. The number of nitrogens with two attached hydrogens (primary N) is 1. The molecule has 2 aromatic carbocycles. The van der Waals surface area contributed by atoms with Gasteiger partial charge >= 0.3 is 0 Å². The number of aryl methyl sites for hydroxylation is 1. The van der Waals surface area contributed by atoms with Crippen molar-refractivity contribution >= 4 is 56.9 Å². The Hall–Kier alpha value is -1.74. The van der Waals surface area contributed by atoms with Crippen molar-refractivity contribution < 1.29 is 4.92 Å². The van der Waals surface area contributed by atoms with Crippen molar-refractivity contribution in [3.63, 3.8) is 0 Å². The smallest absolute Gasteiger partial charge is 0.271 e. The first-order valence-corrected chi connectivity index (χ1v) is 8.52. The molecule has 2 rings (SSSR count). The van der Waals surface area contributed by atoms with Crippen LogP contribution >= 0.6 is 34.8 Å². The summed E-state index contributed by atoms with van der Waals surface area (Å²) in [6.07, 6.45) is 2.54. The molecule has 0 atom stereocenters. The summed E-state index contributed by atoms with van der Waals surface area (Å²) in [5, 5.41) is 13.8. The highest BCUT2D eigenvalue weighted by Crippen LogP contribution is 2.25. The number of nitro benzene ring substituents is 1. The molecule has 2 aromatic rings. The summed E-state index contributed by atoms with van der Waals surface area (Å²) in [7, 11) is 0. The second kappa shape index (κ2) is 8.21. The van der Waals surface area contributed by atoms with E-state index in [-0.39, 0.29) is 5.69 Å². The number of hydrogen-bond donors (Lipinski definition) is 2. The van der Waals surface area contributed by atoms with E-state index < -0.39 is 4.92 Å². The van der Waals surface area contributed by atoms with Crippen molar-refractivity contribution in [1.29, 1.82) is 0 Å². The first-order valence-electron chi connectivity index (χ1n) is 7.04. The van der Waals surface area contributed by atoms with Crippen LogP contribution in [0.5, 0.6) is 0 Å². The highest BCUT2D eigenvalue weighted by molar-refractivity contribution is 14.1. The molecule has 0 amide bonds. The lowest BCUT2D eigenvalue weighted by molar-refractivity contribution is -0.384. The number of nitrogens with zero attached hydrogens (tertiary/aromatic N) is 1. The van der Waals surface area contributed by atoms with Gasteiger partial charge in [-0.2, -0.15) is 0 Å². The molecule has 0 saturated carbocycles. The van der Waals surface area contributed by atoms with Crippen molar-refractivity contribution in [3.8, 4) is 0 Å². The van der Waals surface area contributed by atoms with Gasteiger partial charge in [-0.05, 0) is 65.6 Å². The number of nitro groups is 1. The second-order valence-corrected chi connectivity index (χ2v) is 6.80. The average molecular weight is 441 g/mol. The predicted octanol–water partition coefficient (Wildman–Crippen LogP) is 4.54. The monoisotopic (exact) mass is 441 g/mol. The van der Waals surface area contributed by atoms with E-state index in [0.717, 1.165) is 12.8 Å². The summed E-state index contributed by atoms with van der Waals surface area (Å²) >= 11 is 7.58. The maximum atomic E-state index is 10.8. The lowest BCUT2D eigenvalue weighted by atomic mass is 10.1. The number of hydrogen-bond acceptors (Lipinski definition) is 4. The van der Waals surface area contributed by atoms with Crippen LogP contribution in [0.3, 0.4) is 0 Å². The maximum Gasteiger partial charge on any atom is 0.271 e. The zero-order chi connectivity index (χ0) is 16.8. The molecule has 0 saturated heterocycles. The van der Waals surface area contributed by atoms with Crippen LogP contribution in [-0.2, 0) is 6.42 Å². The Morgan fingerprint density at radius 3 is 2.61 bits per heavy atom. The Kier molecular flexibility index (Phi) is 6.28. The van der Waals surface area contributed by atoms with Gasteiger partial charge in [0.05, 0.1) is 21.3 Å². The minimum Gasteiger partial charge on any atom is -0.397 e. The highest BCUT2D eigenvalue weighted by atomic mass is 127. The SMILES string of the molecule is Nc1ccc([N+](=O)[O-])cc1NC(=S)CCCc1ccc(I)cc1. The second-order valence-electron chi connectivity index (χ2n) is 5.06. The number of anilines is 2. The Balaban J connectivity index is 1.88. The number of benzene rings is 2. The summed E-state index contributed by atoms with van der Waals surface area (Å²) < 4.78 is 1.21. The predicted molar refractivity (Wildman–Crippen MR) is 106 cm³/mol. The average Bonchev–Trinajstić information content (AvgIpc) is 2.51. The van der Waals surface area contributed by atoms with E-state index in [9.17, 15) is 10.1 Å². The highest BCUT2D eigenvalue weighted by Gasteiger charge is 2.10. The topological polar surface area (TPSA) is 81.2 Å². The van der Waals surface area contributed by atoms with Gasteiger partial charge in [-0.15, -0.1) is 0 Å². The number of rotatable bonds is 6. The molecule has 0 unspecified atom stereocenters. The number of nitrogen functional groups attached to an aromatic ring is 1. The molecule has 23 heavy (non-hydrogen) atoms. The summed E-state index contributed by atoms with van der Waals surface area (Å²) in [5.41, 5.74) is 8.01. The summed E-state index contributed by atoms with van der Waals surface area (Å²) in [6, 6.07) is 12.7. The van der Waals surface area contributed by atoms with E-state index in [0.29, 0.717) is 22.8 Å². The lowest BCUT2D eigenvalue weighted by Crippen LogP contribution is -2.11. The minimum atomic E-state index is -0.454. The first kappa shape index (κ1) is 17.6. The normalized spacial score (nSPS) is 10.3. The van der Waals surface area contributed by atoms with Gasteiger partial charge in [-0.25, -0.2) is 0 Å². The summed E-state index contributed by atoms with van der Waals surface area (Å²) in [4.78, 5) is 11.0. The zero-order valence-electron chi connectivity index (χ0n) is 12.3. The van der Waals surface area contributed by atoms with Crippen molar-refractivity contribution in [2.75, 3.05) is 11.1 Å². The third-order valence-corrected chi connectivity index (χ3v) is 4.33. The molecule has 7 heteroatoms. The molecular weight excluding hydrogens is 425 g/mol. The van der Waals surface area contributed by atoms with E-state index in [2.05, 4.69) is 52.2 Å². The maximum absolute atomic E-state index is 10.8. The first-order chi connectivity index (χ1) is 11.0. The van der Waals surface area contributed by atoms with Gasteiger partial charge in [0.2, 0.25) is 0 Å². The van der Waals surface area contributed by atoms with E-state index in [4.69, 9.17) is 18.0 Å². The molecule has 0 bridgehead atoms. The van der Waals surface area contributed by atoms with Gasteiger partial charge in [-0.3, -0.25) is 10.1 Å². The van der Waals surface area contributed by atoms with E-state index in [1.807, 2.05) is 0 Å². The molecule has 5 nitrogen and oxygen atoms in total. The zero-order valence-corrected chi connectivity index (χ0v) is 15.3. The molecule has 0 aliphatic rings. The van der Waals surface area contributed by atoms with Crippen LogP contribution in [0.4, 0.5) is 17.1 Å². The van der Waals surface area contributed by atoms with Crippen molar-refractivity contribution in [3.05, 3.63) is 61.7 Å². The lowest BCUT2D eigenvalue weighted by Gasteiger charge is -2.10. The van der Waals surface area contributed by atoms with Gasteiger partial charge in [0.15, 0.2) is 0 Å². The minimum absolute atomic E-state index is 0.0108. The van der Waals surface area contributed by atoms with Crippen LogP contribution < -0.4 is 11.1 Å². The van der Waals surface area contributed by atoms with Gasteiger partial charge in [-0.1, -0.05) is 24.4 Å². The molecule has 0 aliphatic carbocycles. The van der Waals surface area contributed by atoms with Crippen LogP contribution in [0, 0.1) is 13.7 Å². The molecule has 0 radical (unpaired) electrons. The molecule has 120 valence electrons. The molecule has 0 aromatic heterocycles. The fraction of sp³-hybridized carbons (Fsp3) is 0.188. The molecule has 0 spiro atoms. The van der Waals surface area contributed by atoms with Gasteiger partial charge in [0, 0.05) is 15.7 Å².